The second kappa shape index (κ2) is 3.78. The molecular formula is C10H13F2NO2S. The van der Waals surface area contributed by atoms with Crippen molar-refractivity contribution in [3.8, 4) is 0 Å². The van der Waals surface area contributed by atoms with Crippen LogP contribution in [0.15, 0.2) is 17.0 Å². The number of benzene rings is 1. The molecule has 6 heteroatoms. The van der Waals surface area contributed by atoms with Gasteiger partial charge in [0.15, 0.2) is 21.5 Å². The van der Waals surface area contributed by atoms with Gasteiger partial charge in [0.05, 0.1) is 0 Å². The van der Waals surface area contributed by atoms with Crippen LogP contribution in [0.25, 0.3) is 0 Å². The summed E-state index contributed by atoms with van der Waals surface area (Å²) in [5, 5.41) is 0. The van der Waals surface area contributed by atoms with Crippen molar-refractivity contribution < 1.29 is 17.2 Å². The number of rotatable bonds is 2. The smallest absolute Gasteiger partial charge is 0.178 e. The molecule has 0 atom stereocenters. The minimum absolute atomic E-state index is 0.0580. The first kappa shape index (κ1) is 13.1. The molecule has 0 fully saturated rings. The molecule has 90 valence electrons. The van der Waals surface area contributed by atoms with Crippen molar-refractivity contribution in [1.82, 2.24) is 0 Å². The lowest BCUT2D eigenvalue weighted by Crippen LogP contribution is -2.30. The Morgan fingerprint density at radius 3 is 2.06 bits per heavy atom. The van der Waals surface area contributed by atoms with E-state index >= 15 is 0 Å². The van der Waals surface area contributed by atoms with Crippen LogP contribution in [0.3, 0.4) is 0 Å². The minimum Gasteiger partial charge on any atom is -0.322 e. The van der Waals surface area contributed by atoms with E-state index in [4.69, 9.17) is 5.73 Å². The van der Waals surface area contributed by atoms with Crippen LogP contribution >= 0.6 is 0 Å². The van der Waals surface area contributed by atoms with Crippen molar-refractivity contribution in [3.63, 3.8) is 0 Å². The Morgan fingerprint density at radius 2 is 1.69 bits per heavy atom. The molecule has 3 nitrogen and oxygen atoms in total. The highest BCUT2D eigenvalue weighted by Crippen LogP contribution is 2.26. The summed E-state index contributed by atoms with van der Waals surface area (Å²) in [7, 11) is -3.77. The summed E-state index contributed by atoms with van der Waals surface area (Å²) in [6.45, 7) is 3.01. The molecule has 16 heavy (non-hydrogen) atoms. The van der Waals surface area contributed by atoms with Gasteiger partial charge in [-0.25, -0.2) is 17.2 Å². The highest BCUT2D eigenvalue weighted by molar-refractivity contribution is 7.90. The maximum atomic E-state index is 13.6. The molecule has 1 aromatic carbocycles. The van der Waals surface area contributed by atoms with Gasteiger partial charge in [-0.3, -0.25) is 0 Å². The molecule has 1 aromatic rings. The predicted molar refractivity (Wildman–Crippen MR) is 56.7 cm³/mol. The lowest BCUT2D eigenvalue weighted by molar-refractivity contribution is 0.441. The Bertz CT molecular complexity index is 518. The first-order chi connectivity index (χ1) is 7.05. The second-order valence-electron chi connectivity index (χ2n) is 4.23. The maximum absolute atomic E-state index is 13.6. The predicted octanol–water partition coefficient (Wildman–Crippen LogP) is 1.56. The van der Waals surface area contributed by atoms with E-state index in [0.29, 0.717) is 0 Å². The van der Waals surface area contributed by atoms with Crippen molar-refractivity contribution in [2.24, 2.45) is 5.73 Å². The third kappa shape index (κ3) is 2.38. The zero-order valence-electron chi connectivity index (χ0n) is 9.21. The lowest BCUT2D eigenvalue weighted by Gasteiger charge is -2.20. The Kier molecular flexibility index (Phi) is 3.08. The average Bonchev–Trinajstić information content (AvgIpc) is 2.05. The van der Waals surface area contributed by atoms with Gasteiger partial charge in [-0.15, -0.1) is 0 Å². The van der Waals surface area contributed by atoms with E-state index in [0.717, 1.165) is 12.3 Å². The maximum Gasteiger partial charge on any atom is 0.178 e. The van der Waals surface area contributed by atoms with Gasteiger partial charge < -0.3 is 5.73 Å². The average molecular weight is 249 g/mol. The number of hydrogen-bond donors (Lipinski definition) is 1. The van der Waals surface area contributed by atoms with Crippen molar-refractivity contribution in [2.45, 2.75) is 24.3 Å². The van der Waals surface area contributed by atoms with Gasteiger partial charge in [0, 0.05) is 17.4 Å². The van der Waals surface area contributed by atoms with E-state index in [9.17, 15) is 17.2 Å². The third-order valence-corrected chi connectivity index (χ3v) is 3.25. The van der Waals surface area contributed by atoms with E-state index in [1.807, 2.05) is 0 Å². The molecule has 0 aromatic heterocycles. The quantitative estimate of drug-likeness (QED) is 0.865. The number of hydrogen-bond acceptors (Lipinski definition) is 3. The summed E-state index contributed by atoms with van der Waals surface area (Å²) in [4.78, 5) is -0.655. The highest BCUT2D eigenvalue weighted by Gasteiger charge is 2.25. The molecule has 0 saturated carbocycles. The molecule has 0 bridgehead atoms. The van der Waals surface area contributed by atoms with E-state index in [1.54, 1.807) is 0 Å². The summed E-state index contributed by atoms with van der Waals surface area (Å²) in [6, 6.07) is 2.21. The third-order valence-electron chi connectivity index (χ3n) is 2.14. The van der Waals surface area contributed by atoms with Crippen LogP contribution in [0, 0.1) is 11.6 Å². The number of sulfone groups is 1. The van der Waals surface area contributed by atoms with Gasteiger partial charge in [-0.05, 0) is 19.9 Å². The van der Waals surface area contributed by atoms with Crippen molar-refractivity contribution in [1.29, 1.82) is 0 Å². The van der Waals surface area contributed by atoms with Gasteiger partial charge in [0.25, 0.3) is 0 Å². The molecule has 0 aliphatic carbocycles. The van der Waals surface area contributed by atoms with Gasteiger partial charge in [-0.2, -0.15) is 0 Å². The minimum atomic E-state index is -3.77. The van der Waals surface area contributed by atoms with Gasteiger partial charge in [0.2, 0.25) is 0 Å². The van der Waals surface area contributed by atoms with Crippen LogP contribution in [-0.2, 0) is 15.4 Å². The molecule has 0 aliphatic rings. The Hall–Kier alpha value is -1.01. The van der Waals surface area contributed by atoms with E-state index in [2.05, 4.69) is 0 Å². The van der Waals surface area contributed by atoms with Gasteiger partial charge in [-0.1, -0.05) is 6.07 Å². The fourth-order valence-corrected chi connectivity index (χ4v) is 2.05. The largest absolute Gasteiger partial charge is 0.322 e. The zero-order chi connectivity index (χ0) is 12.7. The molecule has 0 spiro atoms. The Morgan fingerprint density at radius 1 is 1.19 bits per heavy atom. The highest BCUT2D eigenvalue weighted by atomic mass is 32.2. The summed E-state index contributed by atoms with van der Waals surface area (Å²) >= 11 is 0. The molecule has 0 amide bonds. The van der Waals surface area contributed by atoms with E-state index < -0.39 is 31.9 Å². The normalized spacial score (nSPS) is 12.9. The molecule has 0 aliphatic heterocycles. The first-order valence-electron chi connectivity index (χ1n) is 4.52. The van der Waals surface area contributed by atoms with Crippen molar-refractivity contribution in [3.05, 3.63) is 29.3 Å². The summed E-state index contributed by atoms with van der Waals surface area (Å²) in [5.41, 5.74) is 4.50. The van der Waals surface area contributed by atoms with Crippen molar-refractivity contribution in [2.75, 3.05) is 6.26 Å². The van der Waals surface area contributed by atoms with Gasteiger partial charge in [0.1, 0.15) is 4.90 Å². The topological polar surface area (TPSA) is 60.2 Å². The number of nitrogens with two attached hydrogens (primary N) is 1. The molecular weight excluding hydrogens is 236 g/mol. The van der Waals surface area contributed by atoms with Crippen LogP contribution in [0.2, 0.25) is 0 Å². The SMILES string of the molecule is CC(C)(N)c1ccc(S(C)(=O)=O)c(F)c1F. The van der Waals surface area contributed by atoms with Gasteiger partial charge >= 0.3 is 0 Å². The fourth-order valence-electron chi connectivity index (χ4n) is 1.32. The summed E-state index contributed by atoms with van der Waals surface area (Å²) in [6.07, 6.45) is 0.818. The Balaban J connectivity index is 3.54. The van der Waals surface area contributed by atoms with Crippen molar-refractivity contribution >= 4 is 9.84 Å². The monoisotopic (exact) mass is 249 g/mol. The van der Waals surface area contributed by atoms with Crippen LogP contribution in [-0.4, -0.2) is 14.7 Å². The van der Waals surface area contributed by atoms with Crippen LogP contribution in [0.4, 0.5) is 8.78 Å². The molecule has 0 unspecified atom stereocenters. The molecule has 0 radical (unpaired) electrons. The standard InChI is InChI=1S/C10H13F2NO2S/c1-10(2,13)6-4-5-7(16(3,14)15)9(12)8(6)11/h4-5H,13H2,1-3H3. The van der Waals surface area contributed by atoms with E-state index in [-0.39, 0.29) is 5.56 Å². The number of halogens is 2. The molecule has 1 rings (SSSR count). The zero-order valence-corrected chi connectivity index (χ0v) is 10.0. The summed E-state index contributed by atoms with van der Waals surface area (Å²) in [5.74, 6) is -2.59. The van der Waals surface area contributed by atoms with Crippen LogP contribution < -0.4 is 5.73 Å². The molecule has 0 saturated heterocycles. The lowest BCUT2D eigenvalue weighted by atomic mass is 9.95. The fraction of sp³-hybridized carbons (Fsp3) is 0.400. The van der Waals surface area contributed by atoms with Crippen LogP contribution in [0.5, 0.6) is 0 Å². The van der Waals surface area contributed by atoms with Crippen LogP contribution in [0.1, 0.15) is 19.4 Å². The Labute approximate surface area is 93.2 Å². The molecule has 0 heterocycles. The van der Waals surface area contributed by atoms with E-state index in [1.165, 1.54) is 19.9 Å². The summed E-state index contributed by atoms with van der Waals surface area (Å²) < 4.78 is 49.3. The molecule has 2 N–H and O–H groups in total. The second-order valence-corrected chi connectivity index (χ2v) is 6.22. The first-order valence-corrected chi connectivity index (χ1v) is 6.41.